The molecule has 0 aromatic rings. The zero-order valence-electron chi connectivity index (χ0n) is 7.88. The van der Waals surface area contributed by atoms with Crippen molar-refractivity contribution in [2.24, 2.45) is 11.8 Å². The van der Waals surface area contributed by atoms with Crippen molar-refractivity contribution in [3.05, 3.63) is 12.7 Å². The molecule has 0 aromatic heterocycles. The van der Waals surface area contributed by atoms with E-state index in [0.717, 1.165) is 12.8 Å². The minimum Gasteiger partial charge on any atom is -0.393 e. The standard InChI is InChI=1S/C10H20O/c1-5-7-9(8(3)4)10(11)6-2/h5,8-11H,1,6-7H2,2-4H3/t9-,10-/m0/s1. The predicted molar refractivity (Wildman–Crippen MR) is 49.4 cm³/mol. The van der Waals surface area contributed by atoms with Gasteiger partial charge in [-0.1, -0.05) is 26.8 Å². The van der Waals surface area contributed by atoms with Gasteiger partial charge in [0.15, 0.2) is 0 Å². The highest BCUT2D eigenvalue weighted by molar-refractivity contribution is 4.79. The van der Waals surface area contributed by atoms with Crippen LogP contribution in [-0.4, -0.2) is 11.2 Å². The molecule has 0 fully saturated rings. The van der Waals surface area contributed by atoms with Crippen LogP contribution in [0, 0.1) is 11.8 Å². The Morgan fingerprint density at radius 2 is 2.00 bits per heavy atom. The van der Waals surface area contributed by atoms with Crippen LogP contribution in [0.1, 0.15) is 33.6 Å². The molecule has 0 saturated carbocycles. The molecule has 0 aromatic carbocycles. The quantitative estimate of drug-likeness (QED) is 0.607. The van der Waals surface area contributed by atoms with E-state index in [0.29, 0.717) is 11.8 Å². The van der Waals surface area contributed by atoms with E-state index in [4.69, 9.17) is 0 Å². The van der Waals surface area contributed by atoms with Crippen molar-refractivity contribution >= 4 is 0 Å². The van der Waals surface area contributed by atoms with Crippen LogP contribution < -0.4 is 0 Å². The van der Waals surface area contributed by atoms with Crippen LogP contribution in [0.4, 0.5) is 0 Å². The third-order valence-electron chi connectivity index (χ3n) is 2.21. The number of aliphatic hydroxyl groups excluding tert-OH is 1. The summed E-state index contributed by atoms with van der Waals surface area (Å²) in [4.78, 5) is 0. The van der Waals surface area contributed by atoms with E-state index in [1.165, 1.54) is 0 Å². The Morgan fingerprint density at radius 3 is 2.27 bits per heavy atom. The van der Waals surface area contributed by atoms with Crippen LogP contribution in [0.2, 0.25) is 0 Å². The van der Waals surface area contributed by atoms with Gasteiger partial charge in [0.1, 0.15) is 0 Å². The molecule has 2 atom stereocenters. The molecule has 0 saturated heterocycles. The third-order valence-corrected chi connectivity index (χ3v) is 2.21. The minimum absolute atomic E-state index is 0.159. The second kappa shape index (κ2) is 5.36. The third kappa shape index (κ3) is 3.57. The van der Waals surface area contributed by atoms with Gasteiger partial charge in [0.05, 0.1) is 6.10 Å². The Labute approximate surface area is 70.1 Å². The summed E-state index contributed by atoms with van der Waals surface area (Å²) in [6.45, 7) is 10.00. The molecule has 0 radical (unpaired) electrons. The monoisotopic (exact) mass is 156 g/mol. The first-order chi connectivity index (χ1) is 5.13. The lowest BCUT2D eigenvalue weighted by Crippen LogP contribution is -2.23. The van der Waals surface area contributed by atoms with E-state index in [2.05, 4.69) is 20.4 Å². The zero-order valence-corrected chi connectivity index (χ0v) is 7.88. The summed E-state index contributed by atoms with van der Waals surface area (Å²) in [5.41, 5.74) is 0. The fourth-order valence-corrected chi connectivity index (χ4v) is 1.37. The second-order valence-corrected chi connectivity index (χ2v) is 3.41. The highest BCUT2D eigenvalue weighted by atomic mass is 16.3. The average Bonchev–Trinajstić information content (AvgIpc) is 1.98. The molecule has 11 heavy (non-hydrogen) atoms. The van der Waals surface area contributed by atoms with Crippen molar-refractivity contribution in [2.45, 2.75) is 39.7 Å². The lowest BCUT2D eigenvalue weighted by Gasteiger charge is -2.24. The molecule has 0 heterocycles. The van der Waals surface area contributed by atoms with Crippen molar-refractivity contribution in [3.63, 3.8) is 0 Å². The highest BCUT2D eigenvalue weighted by Gasteiger charge is 2.19. The maximum atomic E-state index is 9.57. The van der Waals surface area contributed by atoms with Crippen molar-refractivity contribution in [1.82, 2.24) is 0 Å². The Kier molecular flexibility index (Phi) is 5.22. The van der Waals surface area contributed by atoms with Crippen LogP contribution >= 0.6 is 0 Å². The number of aliphatic hydroxyl groups is 1. The topological polar surface area (TPSA) is 20.2 Å². The predicted octanol–water partition coefficient (Wildman–Crippen LogP) is 2.61. The van der Waals surface area contributed by atoms with Crippen LogP contribution in [0.3, 0.4) is 0 Å². The van der Waals surface area contributed by atoms with Crippen LogP contribution in [0.15, 0.2) is 12.7 Å². The summed E-state index contributed by atoms with van der Waals surface area (Å²) < 4.78 is 0. The van der Waals surface area contributed by atoms with Gasteiger partial charge in [-0.25, -0.2) is 0 Å². The van der Waals surface area contributed by atoms with Crippen molar-refractivity contribution in [1.29, 1.82) is 0 Å². The number of rotatable bonds is 5. The summed E-state index contributed by atoms with van der Waals surface area (Å²) >= 11 is 0. The van der Waals surface area contributed by atoms with Gasteiger partial charge in [-0.3, -0.25) is 0 Å². The first kappa shape index (κ1) is 10.7. The van der Waals surface area contributed by atoms with E-state index >= 15 is 0 Å². The molecule has 0 aliphatic rings. The SMILES string of the molecule is C=CC[C@@H](C(C)C)[C@@H](O)CC. The first-order valence-corrected chi connectivity index (χ1v) is 4.42. The molecule has 0 spiro atoms. The van der Waals surface area contributed by atoms with Gasteiger partial charge < -0.3 is 5.11 Å². The van der Waals surface area contributed by atoms with Crippen LogP contribution in [0.5, 0.6) is 0 Å². The number of hydrogen-bond acceptors (Lipinski definition) is 1. The van der Waals surface area contributed by atoms with Gasteiger partial charge in [-0.15, -0.1) is 6.58 Å². The summed E-state index contributed by atoms with van der Waals surface area (Å²) in [6.07, 6.45) is 3.50. The maximum Gasteiger partial charge on any atom is 0.0571 e. The van der Waals surface area contributed by atoms with Crippen molar-refractivity contribution in [2.75, 3.05) is 0 Å². The fraction of sp³-hybridized carbons (Fsp3) is 0.800. The van der Waals surface area contributed by atoms with Gasteiger partial charge in [0, 0.05) is 0 Å². The molecule has 0 rings (SSSR count). The van der Waals surface area contributed by atoms with E-state index in [-0.39, 0.29) is 6.10 Å². The lowest BCUT2D eigenvalue weighted by molar-refractivity contribution is 0.0796. The first-order valence-electron chi connectivity index (χ1n) is 4.42. The molecule has 0 bridgehead atoms. The summed E-state index contributed by atoms with van der Waals surface area (Å²) in [5, 5.41) is 9.57. The highest BCUT2D eigenvalue weighted by Crippen LogP contribution is 2.21. The molecule has 1 N–H and O–H groups in total. The zero-order chi connectivity index (χ0) is 8.85. The summed E-state index contributed by atoms with van der Waals surface area (Å²) in [6, 6.07) is 0. The fourth-order valence-electron chi connectivity index (χ4n) is 1.37. The molecule has 0 amide bonds. The largest absolute Gasteiger partial charge is 0.393 e. The molecular formula is C10H20O. The molecule has 0 aliphatic carbocycles. The summed E-state index contributed by atoms with van der Waals surface area (Å²) in [7, 11) is 0. The Balaban J connectivity index is 3.96. The van der Waals surface area contributed by atoms with Gasteiger partial charge in [-0.2, -0.15) is 0 Å². The summed E-state index contributed by atoms with van der Waals surface area (Å²) in [5.74, 6) is 0.931. The van der Waals surface area contributed by atoms with Crippen LogP contribution in [0.25, 0.3) is 0 Å². The Hall–Kier alpha value is -0.300. The van der Waals surface area contributed by atoms with Gasteiger partial charge in [0.2, 0.25) is 0 Å². The smallest absolute Gasteiger partial charge is 0.0571 e. The second-order valence-electron chi connectivity index (χ2n) is 3.41. The van der Waals surface area contributed by atoms with Crippen molar-refractivity contribution < 1.29 is 5.11 Å². The van der Waals surface area contributed by atoms with Gasteiger partial charge >= 0.3 is 0 Å². The van der Waals surface area contributed by atoms with E-state index in [9.17, 15) is 5.11 Å². The van der Waals surface area contributed by atoms with Crippen molar-refractivity contribution in [3.8, 4) is 0 Å². The molecule has 1 nitrogen and oxygen atoms in total. The molecule has 1 heteroatoms. The van der Waals surface area contributed by atoms with E-state index < -0.39 is 0 Å². The van der Waals surface area contributed by atoms with Crippen LogP contribution in [-0.2, 0) is 0 Å². The normalized spacial score (nSPS) is 16.5. The lowest BCUT2D eigenvalue weighted by atomic mass is 9.86. The van der Waals surface area contributed by atoms with Gasteiger partial charge in [-0.05, 0) is 24.7 Å². The number of allylic oxidation sites excluding steroid dienone is 1. The number of hydrogen-bond donors (Lipinski definition) is 1. The van der Waals surface area contributed by atoms with E-state index in [1.807, 2.05) is 13.0 Å². The van der Waals surface area contributed by atoms with E-state index in [1.54, 1.807) is 0 Å². The Bertz CT molecular complexity index is 107. The molecule has 0 unspecified atom stereocenters. The average molecular weight is 156 g/mol. The molecule has 66 valence electrons. The maximum absolute atomic E-state index is 9.57. The Morgan fingerprint density at radius 1 is 1.45 bits per heavy atom. The van der Waals surface area contributed by atoms with Gasteiger partial charge in [0.25, 0.3) is 0 Å². The molecule has 0 aliphatic heterocycles. The molecular weight excluding hydrogens is 136 g/mol. The minimum atomic E-state index is -0.159.